The number of amides is 1. The topological polar surface area (TPSA) is 72.4 Å². The lowest BCUT2D eigenvalue weighted by Gasteiger charge is -2.33. The minimum atomic E-state index is -1.32. The van der Waals surface area contributed by atoms with Crippen molar-refractivity contribution in [3.63, 3.8) is 0 Å². The van der Waals surface area contributed by atoms with E-state index in [0.29, 0.717) is 18.1 Å². The van der Waals surface area contributed by atoms with Crippen molar-refractivity contribution >= 4 is 28.5 Å². The van der Waals surface area contributed by atoms with Crippen molar-refractivity contribution < 1.29 is 13.7 Å². The number of piperidine rings is 1. The number of ether oxygens (including phenoxy) is 1. The first kappa shape index (κ1) is 17.1. The van der Waals surface area contributed by atoms with E-state index in [4.69, 9.17) is 16.3 Å². The molecule has 0 radical (unpaired) electrons. The highest BCUT2D eigenvalue weighted by atomic mass is 35.5. The van der Waals surface area contributed by atoms with Gasteiger partial charge in [0.15, 0.2) is 5.15 Å². The van der Waals surface area contributed by atoms with E-state index in [9.17, 15) is 9.00 Å². The van der Waals surface area contributed by atoms with E-state index in [1.807, 2.05) is 20.8 Å². The van der Waals surface area contributed by atoms with Gasteiger partial charge in [-0.3, -0.25) is 4.21 Å². The molecule has 6 nitrogen and oxygen atoms in total. The summed E-state index contributed by atoms with van der Waals surface area (Å²) in [6, 6.07) is 3.17. The summed E-state index contributed by atoms with van der Waals surface area (Å²) in [7, 11) is -1.32. The lowest BCUT2D eigenvalue weighted by atomic mass is 10.1. The smallest absolute Gasteiger partial charge is 0.410 e. The molecule has 0 aromatic carbocycles. The van der Waals surface area contributed by atoms with Crippen LogP contribution in [0, 0.1) is 0 Å². The van der Waals surface area contributed by atoms with Crippen molar-refractivity contribution in [3.8, 4) is 0 Å². The van der Waals surface area contributed by atoms with Gasteiger partial charge in [0, 0.05) is 13.1 Å². The van der Waals surface area contributed by atoms with E-state index in [2.05, 4.69) is 10.2 Å². The van der Waals surface area contributed by atoms with Crippen LogP contribution < -0.4 is 0 Å². The van der Waals surface area contributed by atoms with Crippen LogP contribution in [0.1, 0.15) is 33.6 Å². The second-order valence-electron chi connectivity index (χ2n) is 6.18. The summed E-state index contributed by atoms with van der Waals surface area (Å²) in [6.07, 6.45) is 1.20. The van der Waals surface area contributed by atoms with Crippen LogP contribution in [0.3, 0.4) is 0 Å². The van der Waals surface area contributed by atoms with Gasteiger partial charge in [-0.05, 0) is 45.7 Å². The number of carbonyl (C=O) groups excluding carboxylic acids is 1. The summed E-state index contributed by atoms with van der Waals surface area (Å²) in [6.45, 7) is 6.50. The molecule has 1 fully saturated rings. The van der Waals surface area contributed by atoms with E-state index in [1.54, 1.807) is 17.0 Å². The molecular weight excluding hydrogens is 326 g/mol. The molecule has 0 aliphatic carbocycles. The quantitative estimate of drug-likeness (QED) is 0.823. The minimum absolute atomic E-state index is 0.170. The molecule has 0 bridgehead atoms. The van der Waals surface area contributed by atoms with Gasteiger partial charge in [0.1, 0.15) is 10.6 Å². The number of nitrogens with zero attached hydrogens (tertiary/aromatic N) is 3. The molecule has 1 aromatic rings. The molecule has 0 unspecified atom stereocenters. The third kappa shape index (κ3) is 4.64. The summed E-state index contributed by atoms with van der Waals surface area (Å²) in [5, 5.41) is 8.06. The monoisotopic (exact) mass is 345 g/mol. The normalized spacial score (nSPS) is 20.5. The van der Waals surface area contributed by atoms with Crippen LogP contribution in [0.4, 0.5) is 4.79 Å². The van der Waals surface area contributed by atoms with Crippen molar-refractivity contribution in [3.05, 3.63) is 17.3 Å². The van der Waals surface area contributed by atoms with Crippen LogP contribution in [0.2, 0.25) is 5.15 Å². The zero-order chi connectivity index (χ0) is 16.3. The lowest BCUT2D eigenvalue weighted by Crippen LogP contribution is -2.45. The molecule has 2 rings (SSSR count). The molecular formula is C14H20ClN3O3S. The number of hydrogen-bond acceptors (Lipinski definition) is 5. The Morgan fingerprint density at radius 1 is 1.41 bits per heavy atom. The van der Waals surface area contributed by atoms with Gasteiger partial charge in [0.05, 0.1) is 16.0 Å². The molecule has 0 N–H and O–H groups in total. The molecule has 8 heteroatoms. The van der Waals surface area contributed by atoms with Gasteiger partial charge < -0.3 is 9.64 Å². The number of carbonyl (C=O) groups is 1. The first-order valence-corrected chi connectivity index (χ1v) is 8.73. The Hall–Kier alpha value is -1.21. The van der Waals surface area contributed by atoms with Gasteiger partial charge in [-0.1, -0.05) is 11.6 Å². The maximum Gasteiger partial charge on any atom is 0.410 e. The predicted octanol–water partition coefficient (Wildman–Crippen LogP) is 2.64. The molecule has 1 aromatic heterocycles. The van der Waals surface area contributed by atoms with Gasteiger partial charge in [0.2, 0.25) is 0 Å². The van der Waals surface area contributed by atoms with Gasteiger partial charge in [-0.2, -0.15) is 0 Å². The summed E-state index contributed by atoms with van der Waals surface area (Å²) in [5.74, 6) is 0. The number of rotatable bonds is 2. The number of halogens is 1. The molecule has 0 spiro atoms. The number of aromatic nitrogens is 2. The molecule has 1 saturated heterocycles. The van der Waals surface area contributed by atoms with Crippen LogP contribution in [0.25, 0.3) is 0 Å². The highest BCUT2D eigenvalue weighted by Gasteiger charge is 2.31. The van der Waals surface area contributed by atoms with Crippen LogP contribution in [0.5, 0.6) is 0 Å². The Morgan fingerprint density at radius 3 is 2.73 bits per heavy atom. The summed E-state index contributed by atoms with van der Waals surface area (Å²) >= 11 is 5.69. The summed E-state index contributed by atoms with van der Waals surface area (Å²) in [4.78, 5) is 13.7. The van der Waals surface area contributed by atoms with Crippen LogP contribution in [0.15, 0.2) is 17.2 Å². The molecule has 1 aliphatic heterocycles. The first-order valence-electron chi connectivity index (χ1n) is 7.14. The standard InChI is InChI=1S/C14H20ClN3O3S/c1-14(2,3)21-13(19)18-8-4-5-10(9-18)22(20)12-7-6-11(15)16-17-12/h6-7,10H,4-5,8-9H2,1-3H3/t10-,22-/m0/s1. The fourth-order valence-electron chi connectivity index (χ4n) is 2.19. The van der Waals surface area contributed by atoms with E-state index < -0.39 is 16.4 Å². The maximum absolute atomic E-state index is 12.6. The van der Waals surface area contributed by atoms with E-state index in [0.717, 1.165) is 12.8 Å². The minimum Gasteiger partial charge on any atom is -0.444 e. The summed E-state index contributed by atoms with van der Waals surface area (Å²) < 4.78 is 17.9. The highest BCUT2D eigenvalue weighted by molar-refractivity contribution is 7.85. The maximum atomic E-state index is 12.6. The molecule has 1 amide bonds. The van der Waals surface area contributed by atoms with Crippen molar-refractivity contribution in [2.75, 3.05) is 13.1 Å². The van der Waals surface area contributed by atoms with Crippen LogP contribution in [-0.4, -0.2) is 49.3 Å². The lowest BCUT2D eigenvalue weighted by molar-refractivity contribution is 0.0219. The zero-order valence-electron chi connectivity index (χ0n) is 12.9. The average molecular weight is 346 g/mol. The Kier molecular flexibility index (Phi) is 5.39. The SMILES string of the molecule is CC(C)(C)OC(=O)N1CCC[C@H]([S@](=O)c2ccc(Cl)nn2)C1. The van der Waals surface area contributed by atoms with Crippen molar-refractivity contribution in [1.82, 2.24) is 15.1 Å². The molecule has 1 aliphatic rings. The van der Waals surface area contributed by atoms with Gasteiger partial charge in [0.25, 0.3) is 0 Å². The summed E-state index contributed by atoms with van der Waals surface area (Å²) in [5.41, 5.74) is -0.537. The van der Waals surface area contributed by atoms with Gasteiger partial charge in [-0.15, -0.1) is 10.2 Å². The van der Waals surface area contributed by atoms with E-state index in [-0.39, 0.29) is 16.5 Å². The first-order chi connectivity index (χ1) is 10.3. The number of likely N-dealkylation sites (tertiary alicyclic amines) is 1. The van der Waals surface area contributed by atoms with Crippen LogP contribution in [-0.2, 0) is 15.5 Å². The Morgan fingerprint density at radius 2 is 2.14 bits per heavy atom. The molecule has 22 heavy (non-hydrogen) atoms. The highest BCUT2D eigenvalue weighted by Crippen LogP contribution is 2.21. The van der Waals surface area contributed by atoms with Crippen molar-refractivity contribution in [2.45, 2.75) is 49.5 Å². The van der Waals surface area contributed by atoms with Crippen LogP contribution >= 0.6 is 11.6 Å². The van der Waals surface area contributed by atoms with Gasteiger partial charge in [-0.25, -0.2) is 4.79 Å². The fourth-order valence-corrected chi connectivity index (χ4v) is 3.65. The molecule has 122 valence electrons. The Balaban J connectivity index is 2.02. The van der Waals surface area contributed by atoms with Gasteiger partial charge >= 0.3 is 6.09 Å². The Labute approximate surface area is 137 Å². The average Bonchev–Trinajstić information content (AvgIpc) is 2.46. The van der Waals surface area contributed by atoms with Crippen molar-refractivity contribution in [2.24, 2.45) is 0 Å². The molecule has 2 atom stereocenters. The van der Waals surface area contributed by atoms with Crippen molar-refractivity contribution in [1.29, 1.82) is 0 Å². The fraction of sp³-hybridized carbons (Fsp3) is 0.643. The largest absolute Gasteiger partial charge is 0.444 e. The Bertz CT molecular complexity index is 559. The number of hydrogen-bond donors (Lipinski definition) is 0. The second-order valence-corrected chi connectivity index (χ2v) is 8.25. The third-order valence-corrected chi connectivity index (χ3v) is 4.97. The van der Waals surface area contributed by atoms with E-state index >= 15 is 0 Å². The third-order valence-electron chi connectivity index (χ3n) is 3.15. The molecule has 0 saturated carbocycles. The zero-order valence-corrected chi connectivity index (χ0v) is 14.5. The molecule has 2 heterocycles. The predicted molar refractivity (Wildman–Crippen MR) is 84.3 cm³/mol. The second kappa shape index (κ2) is 6.91. The van der Waals surface area contributed by atoms with E-state index in [1.165, 1.54) is 0 Å².